The number of aromatic nitrogens is 1. The Morgan fingerprint density at radius 2 is 1.96 bits per heavy atom. The van der Waals surface area contributed by atoms with Gasteiger partial charge in [0.1, 0.15) is 35.5 Å². The number of benzene rings is 1. The first-order valence-corrected chi connectivity index (χ1v) is 7.97. The highest BCUT2D eigenvalue weighted by Crippen LogP contribution is 2.28. The van der Waals surface area contributed by atoms with Crippen molar-refractivity contribution in [1.29, 1.82) is 0 Å². The molecule has 1 saturated carbocycles. The van der Waals surface area contributed by atoms with E-state index in [2.05, 4.69) is 10.3 Å². The maximum atomic E-state index is 12.2. The molecule has 0 unspecified atom stereocenters. The number of nitrogens with zero attached hydrogens (tertiary/aromatic N) is 1. The van der Waals surface area contributed by atoms with Gasteiger partial charge >= 0.3 is 0 Å². The van der Waals surface area contributed by atoms with Crippen molar-refractivity contribution in [3.8, 4) is 11.5 Å². The lowest BCUT2D eigenvalue weighted by molar-refractivity contribution is -0.0135. The van der Waals surface area contributed by atoms with Crippen LogP contribution < -0.4 is 14.8 Å². The molecule has 7 heteroatoms. The summed E-state index contributed by atoms with van der Waals surface area (Å²) in [6.07, 6.45) is -1.08. The monoisotopic (exact) mass is 344 g/mol. The summed E-state index contributed by atoms with van der Waals surface area (Å²) in [5, 5.41) is 23.1. The average molecular weight is 344 g/mol. The Hall–Kier alpha value is -2.64. The maximum absolute atomic E-state index is 12.2. The number of hydrogen-bond donors (Lipinski definition) is 3. The zero-order valence-corrected chi connectivity index (χ0v) is 13.7. The van der Waals surface area contributed by atoms with Crippen LogP contribution in [0.4, 0.5) is 0 Å². The molecule has 1 aliphatic carbocycles. The summed E-state index contributed by atoms with van der Waals surface area (Å²) in [7, 11) is 1.55. The number of nitrogens with one attached hydrogen (secondary N) is 1. The molecule has 1 aliphatic rings. The fraction of sp³-hybridized carbons (Fsp3) is 0.333. The molecule has 1 aromatic carbocycles. The van der Waals surface area contributed by atoms with E-state index in [0.717, 1.165) is 0 Å². The minimum atomic E-state index is -1.12. The molecular formula is C18H20N2O5. The molecule has 3 rings (SSSR count). The zero-order chi connectivity index (χ0) is 17.8. The topological polar surface area (TPSA) is 101 Å². The number of carbonyl (C=O) groups excluding carboxylic acids is 1. The van der Waals surface area contributed by atoms with Crippen molar-refractivity contribution < 1.29 is 24.5 Å². The maximum Gasteiger partial charge on any atom is 0.270 e. The number of aliphatic hydroxyl groups is 2. The van der Waals surface area contributed by atoms with Crippen molar-refractivity contribution >= 4 is 5.91 Å². The summed E-state index contributed by atoms with van der Waals surface area (Å²) in [5.74, 6) is 0.747. The first-order chi connectivity index (χ1) is 12.1. The third-order valence-electron chi connectivity index (χ3n) is 4.17. The van der Waals surface area contributed by atoms with E-state index >= 15 is 0 Å². The van der Waals surface area contributed by atoms with Crippen LogP contribution in [0.2, 0.25) is 0 Å². The molecule has 1 aromatic heterocycles. The summed E-state index contributed by atoms with van der Waals surface area (Å²) in [5.41, 5.74) is 0.251. The van der Waals surface area contributed by atoms with Crippen molar-refractivity contribution in [3.63, 3.8) is 0 Å². The molecule has 3 N–H and O–H groups in total. The normalized spacial score (nSPS) is 25.4. The number of methoxy groups -OCH3 is 1. The largest absolute Gasteiger partial charge is 0.497 e. The van der Waals surface area contributed by atoms with Crippen molar-refractivity contribution in [2.75, 3.05) is 7.11 Å². The van der Waals surface area contributed by atoms with Gasteiger partial charge < -0.3 is 25.0 Å². The molecule has 2 aromatic rings. The number of carbonyl (C=O) groups is 1. The molecule has 0 bridgehead atoms. The van der Waals surface area contributed by atoms with Gasteiger partial charge in [0.2, 0.25) is 0 Å². The lowest BCUT2D eigenvalue weighted by Crippen LogP contribution is -2.43. The van der Waals surface area contributed by atoms with Gasteiger partial charge in [-0.3, -0.25) is 9.78 Å². The average Bonchev–Trinajstić information content (AvgIpc) is 2.90. The van der Waals surface area contributed by atoms with Crippen LogP contribution in [0.3, 0.4) is 0 Å². The molecule has 25 heavy (non-hydrogen) atoms. The van der Waals surface area contributed by atoms with Crippen LogP contribution in [0, 0.1) is 0 Å². The van der Waals surface area contributed by atoms with Gasteiger partial charge in [-0.15, -0.1) is 0 Å². The van der Waals surface area contributed by atoms with Gasteiger partial charge in [-0.1, -0.05) is 12.1 Å². The molecule has 1 amide bonds. The SMILES string of the molecule is COc1cccc(O[C@@H]2C[C@@H](NC(=O)c3ccccn3)[C@H](O)[C@H]2O)c1. The predicted molar refractivity (Wildman–Crippen MR) is 89.5 cm³/mol. The van der Waals surface area contributed by atoms with Gasteiger partial charge in [-0.25, -0.2) is 0 Å². The first-order valence-electron chi connectivity index (χ1n) is 7.97. The second-order valence-electron chi connectivity index (χ2n) is 5.85. The Morgan fingerprint density at radius 3 is 2.68 bits per heavy atom. The predicted octanol–water partition coefficient (Wildman–Crippen LogP) is 0.762. The second-order valence-corrected chi connectivity index (χ2v) is 5.85. The second kappa shape index (κ2) is 7.50. The number of hydrogen-bond acceptors (Lipinski definition) is 6. The van der Waals surface area contributed by atoms with Crippen LogP contribution in [-0.4, -0.2) is 52.6 Å². The van der Waals surface area contributed by atoms with Gasteiger partial charge in [-0.2, -0.15) is 0 Å². The Morgan fingerprint density at radius 1 is 1.16 bits per heavy atom. The highest BCUT2D eigenvalue weighted by Gasteiger charge is 2.43. The van der Waals surface area contributed by atoms with E-state index in [1.165, 1.54) is 6.20 Å². The standard InChI is InChI=1S/C18H20N2O5/c1-24-11-5-4-6-12(9-11)25-15-10-14(16(21)17(15)22)20-18(23)13-7-2-3-8-19-13/h2-9,14-17,21-22H,10H2,1H3,(H,20,23)/t14-,15-,16+,17+/m1/s1. The van der Waals surface area contributed by atoms with Crippen LogP contribution in [0.15, 0.2) is 48.7 Å². The van der Waals surface area contributed by atoms with E-state index in [0.29, 0.717) is 11.5 Å². The zero-order valence-electron chi connectivity index (χ0n) is 13.7. The molecule has 4 atom stereocenters. The van der Waals surface area contributed by atoms with E-state index in [-0.39, 0.29) is 12.1 Å². The van der Waals surface area contributed by atoms with Crippen LogP contribution in [0.5, 0.6) is 11.5 Å². The van der Waals surface area contributed by atoms with Crippen LogP contribution >= 0.6 is 0 Å². The number of ether oxygens (including phenoxy) is 2. The number of rotatable bonds is 5. The molecule has 0 spiro atoms. The lowest BCUT2D eigenvalue weighted by atomic mass is 10.2. The van der Waals surface area contributed by atoms with Crippen molar-refractivity contribution in [1.82, 2.24) is 10.3 Å². The van der Waals surface area contributed by atoms with E-state index in [1.807, 2.05) is 0 Å². The number of amides is 1. The molecule has 1 fully saturated rings. The fourth-order valence-corrected chi connectivity index (χ4v) is 2.84. The molecule has 132 valence electrons. The van der Waals surface area contributed by atoms with Crippen LogP contribution in [0.1, 0.15) is 16.9 Å². The van der Waals surface area contributed by atoms with Crippen molar-refractivity contribution in [3.05, 3.63) is 54.4 Å². The third kappa shape index (κ3) is 3.89. The van der Waals surface area contributed by atoms with Gasteiger partial charge in [0.05, 0.1) is 13.2 Å². The van der Waals surface area contributed by atoms with Crippen LogP contribution in [-0.2, 0) is 0 Å². The molecule has 1 heterocycles. The van der Waals surface area contributed by atoms with E-state index in [9.17, 15) is 15.0 Å². The van der Waals surface area contributed by atoms with Crippen molar-refractivity contribution in [2.45, 2.75) is 30.8 Å². The summed E-state index contributed by atoms with van der Waals surface area (Å²) in [6, 6.07) is 11.4. The summed E-state index contributed by atoms with van der Waals surface area (Å²) < 4.78 is 10.9. The highest BCUT2D eigenvalue weighted by atomic mass is 16.5. The minimum Gasteiger partial charge on any atom is -0.497 e. The Balaban J connectivity index is 1.65. The Labute approximate surface area is 145 Å². The summed E-state index contributed by atoms with van der Waals surface area (Å²) >= 11 is 0. The Bertz CT molecular complexity index is 724. The smallest absolute Gasteiger partial charge is 0.270 e. The Kier molecular flexibility index (Phi) is 5.16. The first kappa shape index (κ1) is 17.2. The summed E-state index contributed by atoms with van der Waals surface area (Å²) in [6.45, 7) is 0. The van der Waals surface area contributed by atoms with Crippen molar-refractivity contribution in [2.24, 2.45) is 0 Å². The minimum absolute atomic E-state index is 0.251. The van der Waals surface area contributed by atoms with Gasteiger partial charge in [-0.05, 0) is 24.3 Å². The van der Waals surface area contributed by atoms with Crippen LogP contribution in [0.25, 0.3) is 0 Å². The van der Waals surface area contributed by atoms with Gasteiger partial charge in [0.15, 0.2) is 0 Å². The summed E-state index contributed by atoms with van der Waals surface area (Å²) in [4.78, 5) is 16.1. The van der Waals surface area contributed by atoms with Gasteiger partial charge in [0, 0.05) is 18.7 Å². The lowest BCUT2D eigenvalue weighted by Gasteiger charge is -2.18. The van der Waals surface area contributed by atoms with E-state index in [4.69, 9.17) is 9.47 Å². The fourth-order valence-electron chi connectivity index (χ4n) is 2.84. The van der Waals surface area contributed by atoms with E-state index in [1.54, 1.807) is 49.6 Å². The molecule has 0 radical (unpaired) electrons. The number of pyridine rings is 1. The third-order valence-corrected chi connectivity index (χ3v) is 4.17. The molecular weight excluding hydrogens is 324 g/mol. The molecule has 0 saturated heterocycles. The highest BCUT2D eigenvalue weighted by molar-refractivity contribution is 5.92. The molecule has 7 nitrogen and oxygen atoms in total. The quantitative estimate of drug-likeness (QED) is 0.740. The van der Waals surface area contributed by atoms with E-state index < -0.39 is 30.3 Å². The number of aliphatic hydroxyl groups excluding tert-OH is 2. The molecule has 0 aliphatic heterocycles. The van der Waals surface area contributed by atoms with Gasteiger partial charge in [0.25, 0.3) is 5.91 Å².